The lowest BCUT2D eigenvalue weighted by Gasteiger charge is -2.53. The Morgan fingerprint density at radius 1 is 1.00 bits per heavy atom. The molecule has 148 valence electrons. The van der Waals surface area contributed by atoms with Gasteiger partial charge < -0.3 is 10.6 Å². The first kappa shape index (κ1) is 22.5. The van der Waals surface area contributed by atoms with E-state index in [1.54, 1.807) is 0 Å². The number of nitrogens with one attached hydrogen (secondary N) is 2. The van der Waals surface area contributed by atoms with Gasteiger partial charge in [0.1, 0.15) is 0 Å². The fraction of sp³-hybridized carbons (Fsp3) is 0.955. The molecule has 3 nitrogen and oxygen atoms in total. The number of unbranched alkanes of at least 4 members (excludes halogenated alkanes) is 6. The van der Waals surface area contributed by atoms with Crippen molar-refractivity contribution in [1.29, 1.82) is 0 Å². The predicted octanol–water partition coefficient (Wildman–Crippen LogP) is 5.58. The van der Waals surface area contributed by atoms with Crippen LogP contribution in [0.3, 0.4) is 0 Å². The molecule has 0 radical (unpaired) electrons. The molecule has 2 N–H and O–H groups in total. The number of hydrogen-bond donors (Lipinski definition) is 2. The molecular weight excluding hydrogens is 308 g/mol. The minimum absolute atomic E-state index is 0.0975. The van der Waals surface area contributed by atoms with Crippen molar-refractivity contribution in [1.82, 2.24) is 10.6 Å². The van der Waals surface area contributed by atoms with Gasteiger partial charge in [0.05, 0.1) is 0 Å². The molecular formula is C22H44N2O. The van der Waals surface area contributed by atoms with Crippen LogP contribution in [-0.2, 0) is 4.79 Å². The van der Waals surface area contributed by atoms with E-state index in [1.165, 1.54) is 38.5 Å². The number of carbonyl (C=O) groups excluding carboxylic acids is 1. The molecule has 0 aromatic rings. The Hall–Kier alpha value is -0.570. The number of carbonyl (C=O) groups is 1. The average molecular weight is 353 g/mol. The lowest BCUT2D eigenvalue weighted by Crippen LogP contribution is -2.68. The van der Waals surface area contributed by atoms with Crippen LogP contribution < -0.4 is 10.6 Å². The summed E-state index contributed by atoms with van der Waals surface area (Å²) in [5, 5.41) is 7.26. The average Bonchev–Trinajstić information content (AvgIpc) is 2.58. The summed E-state index contributed by atoms with van der Waals surface area (Å²) in [5.41, 5.74) is 0.217. The van der Waals surface area contributed by atoms with Crippen molar-refractivity contribution in [2.24, 2.45) is 5.92 Å². The molecule has 1 heterocycles. The molecule has 1 fully saturated rings. The first-order valence-electron chi connectivity index (χ1n) is 10.9. The third kappa shape index (κ3) is 6.92. The van der Waals surface area contributed by atoms with Crippen molar-refractivity contribution in [2.75, 3.05) is 0 Å². The lowest BCUT2D eigenvalue weighted by molar-refractivity contribution is -0.123. The van der Waals surface area contributed by atoms with Crippen LogP contribution in [0.25, 0.3) is 0 Å². The van der Waals surface area contributed by atoms with Crippen molar-refractivity contribution in [3.63, 3.8) is 0 Å². The fourth-order valence-electron chi connectivity index (χ4n) is 4.30. The maximum Gasteiger partial charge on any atom is 0.220 e. The quantitative estimate of drug-likeness (QED) is 0.477. The second-order valence-electron chi connectivity index (χ2n) is 8.85. The third-order valence-electron chi connectivity index (χ3n) is 6.73. The summed E-state index contributed by atoms with van der Waals surface area (Å²) in [4.78, 5) is 12.5. The normalized spacial score (nSPS) is 32.6. The van der Waals surface area contributed by atoms with Crippen molar-refractivity contribution >= 4 is 5.91 Å². The summed E-state index contributed by atoms with van der Waals surface area (Å²) >= 11 is 0. The van der Waals surface area contributed by atoms with E-state index in [0.717, 1.165) is 25.7 Å². The summed E-state index contributed by atoms with van der Waals surface area (Å²) < 4.78 is 0. The predicted molar refractivity (Wildman–Crippen MR) is 109 cm³/mol. The molecule has 4 unspecified atom stereocenters. The van der Waals surface area contributed by atoms with Crippen LogP contribution in [0, 0.1) is 5.92 Å². The maximum absolute atomic E-state index is 12.5. The highest BCUT2D eigenvalue weighted by Gasteiger charge is 2.46. The zero-order valence-corrected chi connectivity index (χ0v) is 17.8. The topological polar surface area (TPSA) is 41.1 Å². The molecule has 1 aliphatic heterocycles. The number of piperidine rings is 1. The molecule has 1 saturated heterocycles. The smallest absolute Gasteiger partial charge is 0.220 e. The van der Waals surface area contributed by atoms with E-state index in [4.69, 9.17) is 0 Å². The van der Waals surface area contributed by atoms with Crippen LogP contribution in [0.2, 0.25) is 0 Å². The van der Waals surface area contributed by atoms with Crippen LogP contribution in [0.5, 0.6) is 0 Å². The monoisotopic (exact) mass is 352 g/mol. The van der Waals surface area contributed by atoms with E-state index < -0.39 is 0 Å². The SMILES string of the molecule is CCCCCCCCCC(=O)NC1CC(C)(CC)NC(C)(CC)C1C. The van der Waals surface area contributed by atoms with Crippen LogP contribution in [0.15, 0.2) is 0 Å². The standard InChI is InChI=1S/C22H44N2O/c1-7-10-11-12-13-14-15-16-20(25)23-19-17-21(5,8-2)24-22(6,9-3)18(19)4/h18-19,24H,7-17H2,1-6H3,(H,23,25). The van der Waals surface area contributed by atoms with Gasteiger partial charge in [-0.3, -0.25) is 4.79 Å². The van der Waals surface area contributed by atoms with Gasteiger partial charge in [0.2, 0.25) is 5.91 Å². The second-order valence-corrected chi connectivity index (χ2v) is 8.85. The molecule has 0 aromatic carbocycles. The Bertz CT molecular complexity index is 397. The van der Waals surface area contributed by atoms with Gasteiger partial charge in [0, 0.05) is 23.5 Å². The van der Waals surface area contributed by atoms with Crippen LogP contribution in [-0.4, -0.2) is 23.0 Å². The Kier molecular flexibility index (Phi) is 9.48. The van der Waals surface area contributed by atoms with Crippen molar-refractivity contribution in [2.45, 2.75) is 129 Å². The number of rotatable bonds is 11. The maximum atomic E-state index is 12.5. The van der Waals surface area contributed by atoms with Gasteiger partial charge >= 0.3 is 0 Å². The molecule has 0 bridgehead atoms. The Balaban J connectivity index is 2.43. The fourth-order valence-corrected chi connectivity index (χ4v) is 4.30. The first-order chi connectivity index (χ1) is 11.8. The molecule has 0 spiro atoms. The molecule has 1 amide bonds. The molecule has 1 rings (SSSR count). The van der Waals surface area contributed by atoms with Crippen molar-refractivity contribution in [3.8, 4) is 0 Å². The minimum Gasteiger partial charge on any atom is -0.353 e. The highest BCUT2D eigenvalue weighted by molar-refractivity contribution is 5.76. The molecule has 0 saturated carbocycles. The molecule has 0 aliphatic carbocycles. The number of hydrogen-bond acceptors (Lipinski definition) is 2. The largest absolute Gasteiger partial charge is 0.353 e. The number of amides is 1. The van der Waals surface area contributed by atoms with E-state index in [1.807, 2.05) is 0 Å². The summed E-state index contributed by atoms with van der Waals surface area (Å²) in [6.45, 7) is 13.7. The first-order valence-corrected chi connectivity index (χ1v) is 10.9. The van der Waals surface area contributed by atoms with Gasteiger partial charge in [0.15, 0.2) is 0 Å². The highest BCUT2D eigenvalue weighted by atomic mass is 16.1. The highest BCUT2D eigenvalue weighted by Crippen LogP contribution is 2.37. The molecule has 1 aliphatic rings. The lowest BCUT2D eigenvalue weighted by atomic mass is 9.69. The third-order valence-corrected chi connectivity index (χ3v) is 6.73. The molecule has 4 atom stereocenters. The van der Waals surface area contributed by atoms with Crippen LogP contribution >= 0.6 is 0 Å². The summed E-state index contributed by atoms with van der Waals surface area (Å²) in [5.74, 6) is 0.708. The second kappa shape index (κ2) is 10.5. The zero-order valence-electron chi connectivity index (χ0n) is 17.8. The van der Waals surface area contributed by atoms with Crippen LogP contribution in [0.4, 0.5) is 0 Å². The van der Waals surface area contributed by atoms with Gasteiger partial charge in [-0.2, -0.15) is 0 Å². The summed E-state index contributed by atoms with van der Waals surface area (Å²) in [6.07, 6.45) is 12.7. The Labute approximate surface area is 157 Å². The van der Waals surface area contributed by atoms with Gasteiger partial charge in [-0.15, -0.1) is 0 Å². The van der Waals surface area contributed by atoms with E-state index >= 15 is 0 Å². The van der Waals surface area contributed by atoms with Gasteiger partial charge in [-0.25, -0.2) is 0 Å². The van der Waals surface area contributed by atoms with Crippen LogP contribution in [0.1, 0.15) is 112 Å². The van der Waals surface area contributed by atoms with E-state index in [-0.39, 0.29) is 23.0 Å². The van der Waals surface area contributed by atoms with Crippen molar-refractivity contribution in [3.05, 3.63) is 0 Å². The zero-order chi connectivity index (χ0) is 18.9. The molecule has 3 heteroatoms. The Morgan fingerprint density at radius 3 is 2.16 bits per heavy atom. The summed E-state index contributed by atoms with van der Waals surface area (Å²) in [7, 11) is 0. The minimum atomic E-state index is 0.0975. The Morgan fingerprint density at radius 2 is 1.60 bits per heavy atom. The molecule has 0 aromatic heterocycles. The van der Waals surface area contributed by atoms with Crippen molar-refractivity contribution < 1.29 is 4.79 Å². The molecule has 25 heavy (non-hydrogen) atoms. The van der Waals surface area contributed by atoms with Gasteiger partial charge in [-0.1, -0.05) is 66.2 Å². The van der Waals surface area contributed by atoms with Gasteiger partial charge in [-0.05, 0) is 45.4 Å². The van der Waals surface area contributed by atoms with E-state index in [0.29, 0.717) is 12.3 Å². The van der Waals surface area contributed by atoms with Gasteiger partial charge in [0.25, 0.3) is 0 Å². The summed E-state index contributed by atoms with van der Waals surface area (Å²) in [6, 6.07) is 0.285. The van der Waals surface area contributed by atoms with E-state index in [9.17, 15) is 4.79 Å². The van der Waals surface area contributed by atoms with E-state index in [2.05, 4.69) is 52.2 Å².